The van der Waals surface area contributed by atoms with E-state index in [-0.39, 0.29) is 5.82 Å². The molecule has 0 aliphatic heterocycles. The van der Waals surface area contributed by atoms with Crippen LogP contribution < -0.4 is 15.2 Å². The highest BCUT2D eigenvalue weighted by molar-refractivity contribution is 5.79. The van der Waals surface area contributed by atoms with Crippen molar-refractivity contribution in [3.8, 4) is 22.6 Å². The van der Waals surface area contributed by atoms with Gasteiger partial charge in [-0.2, -0.15) is 0 Å². The fraction of sp³-hybridized carbons (Fsp3) is 0.143. The lowest BCUT2D eigenvalue weighted by Crippen LogP contribution is -1.96. The average molecular weight is 247 g/mol. The molecule has 3 nitrogen and oxygen atoms in total. The molecule has 0 saturated carbocycles. The minimum absolute atomic E-state index is 0.285. The summed E-state index contributed by atoms with van der Waals surface area (Å²) in [5.74, 6) is 0.907. The van der Waals surface area contributed by atoms with E-state index in [9.17, 15) is 4.39 Å². The van der Waals surface area contributed by atoms with Crippen LogP contribution in [0.3, 0.4) is 0 Å². The molecule has 0 aromatic heterocycles. The van der Waals surface area contributed by atoms with Gasteiger partial charge in [0.05, 0.1) is 19.8 Å². The molecule has 0 radical (unpaired) electrons. The first-order valence-electron chi connectivity index (χ1n) is 5.43. The largest absolute Gasteiger partial charge is 0.496 e. The number of methoxy groups -OCH3 is 2. The predicted molar refractivity (Wildman–Crippen MR) is 69.4 cm³/mol. The number of hydrogen-bond donors (Lipinski definition) is 1. The third-order valence-corrected chi connectivity index (χ3v) is 2.66. The number of nitrogen functional groups attached to an aromatic ring is 1. The minimum Gasteiger partial charge on any atom is -0.496 e. The van der Waals surface area contributed by atoms with E-state index in [1.54, 1.807) is 38.5 Å². The lowest BCUT2D eigenvalue weighted by molar-refractivity contribution is 0.398. The van der Waals surface area contributed by atoms with Gasteiger partial charge in [-0.3, -0.25) is 0 Å². The van der Waals surface area contributed by atoms with Crippen molar-refractivity contribution in [2.24, 2.45) is 0 Å². The standard InChI is InChI=1S/C14H14FNO2/c1-17-12-7-11(16)8-13(18-2)14(12)9-3-5-10(15)6-4-9/h3-8H,16H2,1-2H3. The zero-order valence-electron chi connectivity index (χ0n) is 10.2. The Bertz CT molecular complexity index is 527. The van der Waals surface area contributed by atoms with Crippen LogP contribution in [0.2, 0.25) is 0 Å². The van der Waals surface area contributed by atoms with Crippen molar-refractivity contribution in [1.29, 1.82) is 0 Å². The Kier molecular flexibility index (Phi) is 3.37. The van der Waals surface area contributed by atoms with Crippen LogP contribution in [0.5, 0.6) is 11.5 Å². The maximum atomic E-state index is 12.9. The molecule has 0 atom stereocenters. The first-order chi connectivity index (χ1) is 8.65. The topological polar surface area (TPSA) is 44.5 Å². The number of rotatable bonds is 3. The zero-order chi connectivity index (χ0) is 13.1. The molecule has 0 unspecified atom stereocenters. The van der Waals surface area contributed by atoms with E-state index in [2.05, 4.69) is 0 Å². The molecular formula is C14H14FNO2. The van der Waals surface area contributed by atoms with Crippen LogP contribution in [0.1, 0.15) is 0 Å². The van der Waals surface area contributed by atoms with Crippen molar-refractivity contribution in [1.82, 2.24) is 0 Å². The van der Waals surface area contributed by atoms with Gasteiger partial charge in [0.2, 0.25) is 0 Å². The van der Waals surface area contributed by atoms with Crippen molar-refractivity contribution in [2.75, 3.05) is 20.0 Å². The normalized spacial score (nSPS) is 10.2. The molecule has 0 heterocycles. The molecule has 2 N–H and O–H groups in total. The summed E-state index contributed by atoms with van der Waals surface area (Å²) < 4.78 is 23.5. The summed E-state index contributed by atoms with van der Waals surface area (Å²) in [5, 5.41) is 0. The van der Waals surface area contributed by atoms with Gasteiger partial charge in [0.25, 0.3) is 0 Å². The predicted octanol–water partition coefficient (Wildman–Crippen LogP) is 3.09. The Morgan fingerprint density at radius 3 is 1.89 bits per heavy atom. The highest BCUT2D eigenvalue weighted by Crippen LogP contribution is 2.40. The third-order valence-electron chi connectivity index (χ3n) is 2.66. The summed E-state index contributed by atoms with van der Waals surface area (Å²) in [6, 6.07) is 9.55. The molecule has 0 aliphatic carbocycles. The van der Waals surface area contributed by atoms with E-state index in [4.69, 9.17) is 15.2 Å². The fourth-order valence-corrected chi connectivity index (χ4v) is 1.83. The van der Waals surface area contributed by atoms with Crippen molar-refractivity contribution in [2.45, 2.75) is 0 Å². The number of hydrogen-bond acceptors (Lipinski definition) is 3. The summed E-state index contributed by atoms with van der Waals surface area (Å²) >= 11 is 0. The maximum absolute atomic E-state index is 12.9. The molecule has 0 amide bonds. The van der Waals surface area contributed by atoms with Crippen molar-refractivity contribution >= 4 is 5.69 Å². The number of benzene rings is 2. The van der Waals surface area contributed by atoms with E-state index < -0.39 is 0 Å². The lowest BCUT2D eigenvalue weighted by atomic mass is 10.0. The Balaban J connectivity index is 2.64. The van der Waals surface area contributed by atoms with Crippen molar-refractivity contribution in [3.63, 3.8) is 0 Å². The molecule has 0 bridgehead atoms. The molecule has 2 rings (SSSR count). The van der Waals surface area contributed by atoms with Gasteiger partial charge in [0.1, 0.15) is 17.3 Å². The third kappa shape index (κ3) is 2.22. The molecule has 94 valence electrons. The number of ether oxygens (including phenoxy) is 2. The SMILES string of the molecule is COc1cc(N)cc(OC)c1-c1ccc(F)cc1. The van der Waals surface area contributed by atoms with Crippen LogP contribution in [-0.4, -0.2) is 14.2 Å². The highest BCUT2D eigenvalue weighted by atomic mass is 19.1. The monoisotopic (exact) mass is 247 g/mol. The van der Waals surface area contributed by atoms with Gasteiger partial charge in [-0.25, -0.2) is 4.39 Å². The van der Waals surface area contributed by atoms with Crippen LogP contribution in [0, 0.1) is 5.82 Å². The summed E-state index contributed by atoms with van der Waals surface area (Å²) in [6.45, 7) is 0. The smallest absolute Gasteiger partial charge is 0.132 e. The van der Waals surface area contributed by atoms with E-state index in [1.807, 2.05) is 0 Å². The van der Waals surface area contributed by atoms with Crippen LogP contribution in [0.25, 0.3) is 11.1 Å². The maximum Gasteiger partial charge on any atom is 0.132 e. The molecule has 2 aromatic rings. The van der Waals surface area contributed by atoms with Crippen LogP contribution in [0.15, 0.2) is 36.4 Å². The summed E-state index contributed by atoms with van der Waals surface area (Å²) in [7, 11) is 3.11. The number of nitrogens with two attached hydrogens (primary N) is 1. The van der Waals surface area contributed by atoms with Crippen molar-refractivity contribution in [3.05, 3.63) is 42.2 Å². The molecule has 0 saturated heterocycles. The Morgan fingerprint density at radius 2 is 1.44 bits per heavy atom. The second-order valence-corrected chi connectivity index (χ2v) is 3.81. The number of halogens is 1. The Labute approximate surface area is 105 Å². The van der Waals surface area contributed by atoms with E-state index in [0.29, 0.717) is 17.2 Å². The van der Waals surface area contributed by atoms with Gasteiger partial charge in [-0.15, -0.1) is 0 Å². The van der Waals surface area contributed by atoms with Crippen LogP contribution in [0.4, 0.5) is 10.1 Å². The fourth-order valence-electron chi connectivity index (χ4n) is 1.83. The lowest BCUT2D eigenvalue weighted by Gasteiger charge is -2.14. The first kappa shape index (κ1) is 12.2. The molecule has 4 heteroatoms. The van der Waals surface area contributed by atoms with E-state index in [1.165, 1.54) is 12.1 Å². The molecule has 0 spiro atoms. The van der Waals surface area contributed by atoms with Gasteiger partial charge in [0, 0.05) is 17.8 Å². The van der Waals surface area contributed by atoms with Crippen molar-refractivity contribution < 1.29 is 13.9 Å². The van der Waals surface area contributed by atoms with Gasteiger partial charge >= 0.3 is 0 Å². The van der Waals surface area contributed by atoms with Gasteiger partial charge in [-0.05, 0) is 17.7 Å². The Hall–Kier alpha value is -2.23. The Morgan fingerprint density at radius 1 is 0.944 bits per heavy atom. The molecule has 18 heavy (non-hydrogen) atoms. The van der Waals surface area contributed by atoms with E-state index >= 15 is 0 Å². The van der Waals surface area contributed by atoms with E-state index in [0.717, 1.165) is 11.1 Å². The second-order valence-electron chi connectivity index (χ2n) is 3.81. The molecule has 0 aliphatic rings. The molecule has 0 fully saturated rings. The quantitative estimate of drug-likeness (QED) is 0.848. The van der Waals surface area contributed by atoms with Gasteiger partial charge in [-0.1, -0.05) is 12.1 Å². The minimum atomic E-state index is -0.285. The second kappa shape index (κ2) is 4.96. The van der Waals surface area contributed by atoms with Gasteiger partial charge in [0.15, 0.2) is 0 Å². The number of anilines is 1. The first-order valence-corrected chi connectivity index (χ1v) is 5.43. The highest BCUT2D eigenvalue weighted by Gasteiger charge is 2.13. The molecular weight excluding hydrogens is 233 g/mol. The van der Waals surface area contributed by atoms with Gasteiger partial charge < -0.3 is 15.2 Å². The average Bonchev–Trinajstić information content (AvgIpc) is 2.39. The molecule has 2 aromatic carbocycles. The van der Waals surface area contributed by atoms with Crippen LogP contribution >= 0.6 is 0 Å². The van der Waals surface area contributed by atoms with Crippen LogP contribution in [-0.2, 0) is 0 Å². The summed E-state index contributed by atoms with van der Waals surface area (Å²) in [4.78, 5) is 0. The summed E-state index contributed by atoms with van der Waals surface area (Å²) in [6.07, 6.45) is 0. The zero-order valence-corrected chi connectivity index (χ0v) is 10.2. The summed E-state index contributed by atoms with van der Waals surface area (Å²) in [5.41, 5.74) is 7.88.